The van der Waals surface area contributed by atoms with Gasteiger partial charge in [-0.2, -0.15) is 5.26 Å². The summed E-state index contributed by atoms with van der Waals surface area (Å²) in [6.45, 7) is 0. The molecule has 1 aliphatic carbocycles. The topological polar surface area (TPSA) is 46.2 Å². The second-order valence-electron chi connectivity index (χ2n) is 6.79. The molecule has 1 heterocycles. The Balaban J connectivity index is 1.86. The van der Waals surface area contributed by atoms with Crippen molar-refractivity contribution in [3.05, 3.63) is 77.2 Å². The first-order chi connectivity index (χ1) is 12.8. The lowest BCUT2D eigenvalue weighted by Crippen LogP contribution is -2.01. The summed E-state index contributed by atoms with van der Waals surface area (Å²) >= 11 is 0. The molecule has 1 aromatic heterocycles. The molecule has 1 aliphatic rings. The maximum atomic E-state index is 9.95. The fourth-order valence-corrected chi connectivity index (χ4v) is 3.37. The Morgan fingerprint density at radius 2 is 2.15 bits per heavy atom. The van der Waals surface area contributed by atoms with Gasteiger partial charge >= 0.3 is 0 Å². The second-order valence-corrected chi connectivity index (χ2v) is 6.79. The van der Waals surface area contributed by atoms with Crippen molar-refractivity contribution in [1.29, 1.82) is 5.26 Å². The molecular formula is C23H20NO2. The summed E-state index contributed by atoms with van der Waals surface area (Å²) in [5.74, 6) is 2.36. The van der Waals surface area contributed by atoms with Crippen LogP contribution in [0.3, 0.4) is 0 Å². The van der Waals surface area contributed by atoms with Crippen LogP contribution in [0.2, 0.25) is 0 Å². The van der Waals surface area contributed by atoms with Crippen LogP contribution in [-0.2, 0) is 12.8 Å². The van der Waals surface area contributed by atoms with Crippen molar-refractivity contribution in [2.45, 2.75) is 25.7 Å². The minimum absolute atomic E-state index is 0.633. The van der Waals surface area contributed by atoms with Gasteiger partial charge in [0.15, 0.2) is 0 Å². The van der Waals surface area contributed by atoms with E-state index in [1.165, 1.54) is 12.8 Å². The lowest BCUT2D eigenvalue weighted by atomic mass is 9.88. The quantitative estimate of drug-likeness (QED) is 0.621. The van der Waals surface area contributed by atoms with Crippen LogP contribution in [0.25, 0.3) is 11.1 Å². The Morgan fingerprint density at radius 1 is 1.27 bits per heavy atom. The van der Waals surface area contributed by atoms with Crippen molar-refractivity contribution < 1.29 is 9.15 Å². The molecule has 3 aromatic rings. The van der Waals surface area contributed by atoms with Crippen LogP contribution in [0.5, 0.6) is 5.75 Å². The van der Waals surface area contributed by atoms with Gasteiger partial charge < -0.3 is 9.15 Å². The van der Waals surface area contributed by atoms with Gasteiger partial charge in [0.1, 0.15) is 17.6 Å². The molecule has 26 heavy (non-hydrogen) atoms. The first-order valence-corrected chi connectivity index (χ1v) is 8.92. The van der Waals surface area contributed by atoms with Crippen molar-refractivity contribution >= 4 is 0 Å². The Morgan fingerprint density at radius 3 is 2.85 bits per heavy atom. The number of hydrogen-bond acceptors (Lipinski definition) is 3. The normalized spacial score (nSPS) is 13.4. The van der Waals surface area contributed by atoms with Gasteiger partial charge in [0.2, 0.25) is 0 Å². The van der Waals surface area contributed by atoms with Crippen LogP contribution in [0.4, 0.5) is 0 Å². The molecule has 0 unspecified atom stereocenters. The van der Waals surface area contributed by atoms with Crippen molar-refractivity contribution in [3.63, 3.8) is 0 Å². The van der Waals surface area contributed by atoms with E-state index in [4.69, 9.17) is 9.15 Å². The number of nitrogens with zero attached hydrogens (tertiary/aromatic N) is 1. The molecule has 2 aromatic carbocycles. The lowest BCUT2D eigenvalue weighted by Gasteiger charge is -2.15. The molecule has 1 radical (unpaired) electrons. The minimum Gasteiger partial charge on any atom is -0.497 e. The van der Waals surface area contributed by atoms with Crippen molar-refractivity contribution in [2.24, 2.45) is 5.92 Å². The number of benzene rings is 2. The Bertz CT molecular complexity index is 947. The van der Waals surface area contributed by atoms with Gasteiger partial charge in [0, 0.05) is 12.0 Å². The van der Waals surface area contributed by atoms with E-state index in [2.05, 4.69) is 12.1 Å². The third-order valence-corrected chi connectivity index (χ3v) is 4.90. The molecule has 0 aliphatic heterocycles. The van der Waals surface area contributed by atoms with E-state index in [0.717, 1.165) is 45.7 Å². The number of hydrogen-bond donors (Lipinski definition) is 0. The maximum Gasteiger partial charge on any atom is 0.119 e. The highest BCUT2D eigenvalue weighted by atomic mass is 16.5. The SMILES string of the molecule is COc1cccc(-c2c(Cc3ccco3)c[c]c(CC3CC3)c2C#N)c1. The van der Waals surface area contributed by atoms with Crippen LogP contribution < -0.4 is 4.74 Å². The number of rotatable bonds is 6. The van der Waals surface area contributed by atoms with Crippen molar-refractivity contribution in [2.75, 3.05) is 7.11 Å². The smallest absolute Gasteiger partial charge is 0.119 e. The van der Waals surface area contributed by atoms with E-state index in [0.29, 0.717) is 12.3 Å². The zero-order chi connectivity index (χ0) is 17.9. The fraction of sp³-hybridized carbons (Fsp3) is 0.261. The van der Waals surface area contributed by atoms with Gasteiger partial charge in [-0.25, -0.2) is 0 Å². The number of furan rings is 1. The average molecular weight is 342 g/mol. The highest BCUT2D eigenvalue weighted by Gasteiger charge is 2.25. The molecule has 1 fully saturated rings. The van der Waals surface area contributed by atoms with Crippen LogP contribution in [0, 0.1) is 23.3 Å². The highest BCUT2D eigenvalue weighted by Crippen LogP contribution is 2.38. The summed E-state index contributed by atoms with van der Waals surface area (Å²) in [6, 6.07) is 19.6. The van der Waals surface area contributed by atoms with Gasteiger partial charge in [0.05, 0.1) is 18.9 Å². The molecular weight excluding hydrogens is 322 g/mol. The van der Waals surface area contributed by atoms with E-state index < -0.39 is 0 Å². The number of ether oxygens (including phenoxy) is 1. The summed E-state index contributed by atoms with van der Waals surface area (Å²) < 4.78 is 10.9. The largest absolute Gasteiger partial charge is 0.497 e. The van der Waals surface area contributed by atoms with Crippen molar-refractivity contribution in [1.82, 2.24) is 0 Å². The van der Waals surface area contributed by atoms with Gasteiger partial charge in [-0.05, 0) is 78.3 Å². The Kier molecular flexibility index (Phi) is 4.50. The monoisotopic (exact) mass is 342 g/mol. The van der Waals surface area contributed by atoms with E-state index in [1.54, 1.807) is 13.4 Å². The zero-order valence-corrected chi connectivity index (χ0v) is 14.8. The predicted octanol–water partition coefficient (Wildman–Crippen LogP) is 5.17. The molecule has 3 heteroatoms. The van der Waals surface area contributed by atoms with E-state index in [-0.39, 0.29) is 0 Å². The van der Waals surface area contributed by atoms with Gasteiger partial charge in [-0.3, -0.25) is 0 Å². The van der Waals surface area contributed by atoms with E-state index in [9.17, 15) is 5.26 Å². The van der Waals surface area contributed by atoms with Crippen LogP contribution in [0.15, 0.2) is 53.1 Å². The molecule has 3 nitrogen and oxygen atoms in total. The van der Waals surface area contributed by atoms with Crippen LogP contribution in [0.1, 0.15) is 35.3 Å². The average Bonchev–Trinajstić information content (AvgIpc) is 3.35. The van der Waals surface area contributed by atoms with Crippen LogP contribution in [-0.4, -0.2) is 7.11 Å². The number of nitriles is 1. The minimum atomic E-state index is 0.633. The first kappa shape index (κ1) is 16.5. The van der Waals surface area contributed by atoms with Gasteiger partial charge in [0.25, 0.3) is 0 Å². The molecule has 0 N–H and O–H groups in total. The summed E-state index contributed by atoms with van der Waals surface area (Å²) in [7, 11) is 1.66. The third kappa shape index (κ3) is 3.36. The molecule has 1 saturated carbocycles. The molecule has 0 saturated heterocycles. The second kappa shape index (κ2) is 7.09. The zero-order valence-electron chi connectivity index (χ0n) is 14.8. The van der Waals surface area contributed by atoms with Crippen molar-refractivity contribution in [3.8, 4) is 22.9 Å². The van der Waals surface area contributed by atoms with Gasteiger partial charge in [-0.1, -0.05) is 12.1 Å². The highest BCUT2D eigenvalue weighted by molar-refractivity contribution is 5.76. The van der Waals surface area contributed by atoms with Gasteiger partial charge in [-0.15, -0.1) is 0 Å². The Labute approximate surface area is 153 Å². The summed E-state index contributed by atoms with van der Waals surface area (Å²) in [5.41, 5.74) is 4.76. The number of methoxy groups -OCH3 is 1. The molecule has 129 valence electrons. The maximum absolute atomic E-state index is 9.95. The lowest BCUT2D eigenvalue weighted by molar-refractivity contribution is 0.415. The molecule has 0 amide bonds. The van der Waals surface area contributed by atoms with E-state index in [1.807, 2.05) is 42.5 Å². The molecule has 4 rings (SSSR count). The fourth-order valence-electron chi connectivity index (χ4n) is 3.37. The standard InChI is InChI=1S/C23H20NO2/c1-25-20-5-2-4-18(13-20)23-19(14-21-6-3-11-26-21)10-9-17(22(23)15-24)12-16-7-8-16/h2-6,10-11,13,16H,7-8,12,14H2,1H3. The summed E-state index contributed by atoms with van der Waals surface area (Å²) in [5, 5.41) is 9.95. The molecule has 0 atom stereocenters. The third-order valence-electron chi connectivity index (χ3n) is 4.90. The van der Waals surface area contributed by atoms with Crippen LogP contribution >= 0.6 is 0 Å². The predicted molar refractivity (Wildman–Crippen MR) is 99.9 cm³/mol. The molecule has 0 bridgehead atoms. The summed E-state index contributed by atoms with van der Waals surface area (Å²) in [4.78, 5) is 0. The van der Waals surface area contributed by atoms with E-state index >= 15 is 0 Å². The Hall–Kier alpha value is -2.99. The summed E-state index contributed by atoms with van der Waals surface area (Å²) in [6.07, 6.45) is 5.74. The first-order valence-electron chi connectivity index (χ1n) is 8.92. The molecule has 0 spiro atoms.